The summed E-state index contributed by atoms with van der Waals surface area (Å²) < 4.78 is 8.02. The van der Waals surface area contributed by atoms with Crippen molar-refractivity contribution in [3.63, 3.8) is 0 Å². The molecule has 3 heterocycles. The second-order valence-electron chi connectivity index (χ2n) is 6.87. The highest BCUT2D eigenvalue weighted by molar-refractivity contribution is 5.92. The van der Waals surface area contributed by atoms with E-state index in [2.05, 4.69) is 4.98 Å². The fourth-order valence-electron chi connectivity index (χ4n) is 3.41. The summed E-state index contributed by atoms with van der Waals surface area (Å²) in [4.78, 5) is 45.2. The minimum Gasteiger partial charge on any atom is -0.423 e. The number of oxazole rings is 1. The van der Waals surface area contributed by atoms with E-state index in [1.807, 2.05) is 29.2 Å². The number of nitrogens with zero attached hydrogens (tertiary/aromatic N) is 5. The summed E-state index contributed by atoms with van der Waals surface area (Å²) in [5, 5.41) is 0. The molecule has 1 aliphatic heterocycles. The van der Waals surface area contributed by atoms with Crippen LogP contribution in [0.1, 0.15) is 16.9 Å². The fourth-order valence-corrected chi connectivity index (χ4v) is 3.41. The second-order valence-corrected chi connectivity index (χ2v) is 6.87. The van der Waals surface area contributed by atoms with Gasteiger partial charge in [0.05, 0.1) is 0 Å². The first-order valence-corrected chi connectivity index (χ1v) is 9.12. The van der Waals surface area contributed by atoms with Gasteiger partial charge in [-0.3, -0.25) is 18.7 Å². The third kappa shape index (κ3) is 3.08. The highest BCUT2D eigenvalue weighted by atomic mass is 16.4. The Balaban J connectivity index is 1.55. The Morgan fingerprint density at radius 1 is 1.04 bits per heavy atom. The van der Waals surface area contributed by atoms with Crippen LogP contribution in [0.4, 0.5) is 6.01 Å². The molecule has 1 saturated heterocycles. The maximum Gasteiger partial charge on any atom is 0.331 e. The van der Waals surface area contributed by atoms with E-state index < -0.39 is 11.2 Å². The van der Waals surface area contributed by atoms with Crippen LogP contribution >= 0.6 is 0 Å². The normalized spacial score (nSPS) is 15.1. The Morgan fingerprint density at radius 2 is 1.82 bits per heavy atom. The van der Waals surface area contributed by atoms with Crippen molar-refractivity contribution >= 4 is 23.0 Å². The molecule has 0 aliphatic carbocycles. The topological polar surface area (TPSA) is 93.6 Å². The number of fused-ring (bicyclic) bond motifs is 1. The number of benzene rings is 1. The van der Waals surface area contributed by atoms with E-state index in [0.29, 0.717) is 32.2 Å². The van der Waals surface area contributed by atoms with Crippen LogP contribution in [-0.2, 0) is 14.1 Å². The van der Waals surface area contributed by atoms with E-state index in [0.717, 1.165) is 22.1 Å². The maximum atomic E-state index is 12.9. The number of anilines is 1. The highest BCUT2D eigenvalue weighted by Crippen LogP contribution is 2.22. The van der Waals surface area contributed by atoms with Gasteiger partial charge in [-0.1, -0.05) is 12.1 Å². The Morgan fingerprint density at radius 3 is 2.61 bits per heavy atom. The molecule has 0 spiro atoms. The van der Waals surface area contributed by atoms with Gasteiger partial charge in [0.1, 0.15) is 11.2 Å². The van der Waals surface area contributed by atoms with E-state index in [1.165, 1.54) is 24.7 Å². The summed E-state index contributed by atoms with van der Waals surface area (Å²) in [6.07, 6.45) is 0.725. The number of hydrogen-bond acceptors (Lipinski definition) is 6. The first-order valence-electron chi connectivity index (χ1n) is 9.12. The fraction of sp³-hybridized carbons (Fsp3) is 0.368. The number of hydrogen-bond donors (Lipinski definition) is 0. The van der Waals surface area contributed by atoms with Crippen LogP contribution < -0.4 is 16.1 Å². The van der Waals surface area contributed by atoms with Gasteiger partial charge in [0.2, 0.25) is 0 Å². The molecule has 0 atom stereocenters. The molecule has 1 amide bonds. The lowest BCUT2D eigenvalue weighted by Crippen LogP contribution is -2.43. The molecule has 0 N–H and O–H groups in total. The molecule has 9 heteroatoms. The van der Waals surface area contributed by atoms with Crippen LogP contribution in [0.3, 0.4) is 0 Å². The zero-order chi connectivity index (χ0) is 19.8. The summed E-state index contributed by atoms with van der Waals surface area (Å²) in [6.45, 7) is 2.23. The van der Waals surface area contributed by atoms with Gasteiger partial charge in [-0.2, -0.15) is 4.98 Å². The van der Waals surface area contributed by atoms with Gasteiger partial charge >= 0.3 is 5.69 Å². The standard InChI is InChI=1S/C19H21N5O4/c1-21-14(12-16(25)22(2)19(21)27)17(26)23-8-5-9-24(11-10-23)18-20-13-6-3-4-7-15(13)28-18/h3-4,6-7,12H,5,8-11H2,1-2H3. The Bertz CT molecular complexity index is 1130. The molecule has 0 radical (unpaired) electrons. The average molecular weight is 383 g/mol. The van der Waals surface area contributed by atoms with Crippen molar-refractivity contribution < 1.29 is 9.21 Å². The molecule has 0 unspecified atom stereocenters. The molecule has 146 valence electrons. The quantitative estimate of drug-likeness (QED) is 0.643. The number of amides is 1. The largest absolute Gasteiger partial charge is 0.423 e. The first-order chi connectivity index (χ1) is 13.5. The van der Waals surface area contributed by atoms with E-state index >= 15 is 0 Å². The average Bonchev–Trinajstić information content (AvgIpc) is 2.98. The van der Waals surface area contributed by atoms with Gasteiger partial charge in [-0.25, -0.2) is 4.79 Å². The predicted molar refractivity (Wildman–Crippen MR) is 104 cm³/mol. The molecule has 2 aromatic heterocycles. The van der Waals surface area contributed by atoms with Gasteiger partial charge in [-0.05, 0) is 18.6 Å². The van der Waals surface area contributed by atoms with E-state index in [9.17, 15) is 14.4 Å². The molecule has 1 aliphatic rings. The third-order valence-electron chi connectivity index (χ3n) is 5.08. The highest BCUT2D eigenvalue weighted by Gasteiger charge is 2.25. The van der Waals surface area contributed by atoms with Crippen LogP contribution in [0, 0.1) is 0 Å². The van der Waals surface area contributed by atoms with Crippen molar-refractivity contribution in [1.82, 2.24) is 19.0 Å². The van der Waals surface area contributed by atoms with Gasteiger partial charge in [-0.15, -0.1) is 0 Å². The lowest BCUT2D eigenvalue weighted by molar-refractivity contribution is 0.0755. The van der Waals surface area contributed by atoms with E-state index in [1.54, 1.807) is 4.90 Å². The Hall–Kier alpha value is -3.36. The summed E-state index contributed by atoms with van der Waals surface area (Å²) in [5.74, 6) is -0.322. The zero-order valence-electron chi connectivity index (χ0n) is 15.8. The van der Waals surface area contributed by atoms with Gasteiger partial charge in [0, 0.05) is 46.3 Å². The van der Waals surface area contributed by atoms with Crippen LogP contribution in [0.5, 0.6) is 0 Å². The van der Waals surface area contributed by atoms with Crippen molar-refractivity contribution in [2.24, 2.45) is 14.1 Å². The zero-order valence-corrected chi connectivity index (χ0v) is 15.8. The number of carbonyl (C=O) groups excluding carboxylic acids is 1. The minimum absolute atomic E-state index is 0.100. The van der Waals surface area contributed by atoms with Crippen LogP contribution in [0.25, 0.3) is 11.1 Å². The van der Waals surface area contributed by atoms with Crippen LogP contribution in [0.15, 0.2) is 44.3 Å². The monoisotopic (exact) mass is 383 g/mol. The van der Waals surface area contributed by atoms with Crippen LogP contribution in [0.2, 0.25) is 0 Å². The van der Waals surface area contributed by atoms with Crippen molar-refractivity contribution in [3.8, 4) is 0 Å². The number of aromatic nitrogens is 3. The summed E-state index contributed by atoms with van der Waals surface area (Å²) in [6, 6.07) is 9.33. The molecule has 28 heavy (non-hydrogen) atoms. The Kier molecular flexibility index (Phi) is 4.50. The lowest BCUT2D eigenvalue weighted by Gasteiger charge is -2.22. The molecule has 9 nitrogen and oxygen atoms in total. The van der Waals surface area contributed by atoms with E-state index in [-0.39, 0.29) is 11.6 Å². The van der Waals surface area contributed by atoms with Crippen molar-refractivity contribution in [3.05, 3.63) is 56.9 Å². The summed E-state index contributed by atoms with van der Waals surface area (Å²) >= 11 is 0. The molecule has 1 aromatic carbocycles. The molecule has 1 fully saturated rings. The van der Waals surface area contributed by atoms with Gasteiger partial charge in [0.15, 0.2) is 5.58 Å². The minimum atomic E-state index is -0.515. The smallest absolute Gasteiger partial charge is 0.331 e. The number of carbonyl (C=O) groups is 1. The second kappa shape index (κ2) is 6.99. The van der Waals surface area contributed by atoms with Crippen molar-refractivity contribution in [2.75, 3.05) is 31.1 Å². The van der Waals surface area contributed by atoms with Crippen molar-refractivity contribution in [2.45, 2.75) is 6.42 Å². The Labute approximate surface area is 160 Å². The molecular weight excluding hydrogens is 362 g/mol. The SMILES string of the molecule is Cn1c(C(=O)N2CCCN(c3nc4ccccc4o3)CC2)cc(=O)n(C)c1=O. The van der Waals surface area contributed by atoms with Gasteiger partial charge in [0.25, 0.3) is 17.5 Å². The predicted octanol–water partition coefficient (Wildman–Crippen LogP) is 0.578. The number of para-hydroxylation sites is 2. The molecular formula is C19H21N5O4. The molecule has 3 aromatic rings. The number of rotatable bonds is 2. The molecule has 0 saturated carbocycles. The summed E-state index contributed by atoms with van der Waals surface area (Å²) in [7, 11) is 2.89. The van der Waals surface area contributed by atoms with E-state index in [4.69, 9.17) is 4.42 Å². The summed E-state index contributed by atoms with van der Waals surface area (Å²) in [5.41, 5.74) is 0.617. The molecule has 0 bridgehead atoms. The van der Waals surface area contributed by atoms with Crippen LogP contribution in [-0.4, -0.2) is 51.1 Å². The van der Waals surface area contributed by atoms with Gasteiger partial charge < -0.3 is 14.2 Å². The maximum absolute atomic E-state index is 12.9. The molecule has 4 rings (SSSR count). The first kappa shape index (κ1) is 18.0. The third-order valence-corrected chi connectivity index (χ3v) is 5.08. The van der Waals surface area contributed by atoms with Crippen molar-refractivity contribution in [1.29, 1.82) is 0 Å². The lowest BCUT2D eigenvalue weighted by atomic mass is 10.3.